The molecule has 1 aliphatic heterocycles. The van der Waals surface area contributed by atoms with Gasteiger partial charge in [0.2, 0.25) is 4.77 Å². The normalized spacial score (nSPS) is 29.4. The molecule has 1 aliphatic rings. The summed E-state index contributed by atoms with van der Waals surface area (Å²) in [5.41, 5.74) is 0. The summed E-state index contributed by atoms with van der Waals surface area (Å²) in [6.45, 7) is 2.81. The SMILES string of the molecule is CC1OCCC1n1[nH]nnc1=S. The Labute approximate surface area is 74.7 Å². The van der Waals surface area contributed by atoms with Gasteiger partial charge in [-0.05, 0) is 25.6 Å². The van der Waals surface area contributed by atoms with Crippen LogP contribution in [-0.2, 0) is 4.74 Å². The first kappa shape index (κ1) is 7.88. The van der Waals surface area contributed by atoms with Crippen LogP contribution in [0.1, 0.15) is 19.4 Å². The summed E-state index contributed by atoms with van der Waals surface area (Å²) in [7, 11) is 0. The summed E-state index contributed by atoms with van der Waals surface area (Å²) in [4.78, 5) is 0. The van der Waals surface area contributed by atoms with Gasteiger partial charge in [-0.15, -0.1) is 0 Å². The minimum atomic E-state index is 0.193. The average Bonchev–Trinajstić information content (AvgIpc) is 2.59. The van der Waals surface area contributed by atoms with E-state index < -0.39 is 0 Å². The minimum Gasteiger partial charge on any atom is -0.376 e. The van der Waals surface area contributed by atoms with Crippen molar-refractivity contribution in [3.8, 4) is 0 Å². The molecule has 66 valence electrons. The molecule has 1 saturated heterocycles. The molecule has 5 nitrogen and oxygen atoms in total. The molecule has 1 aromatic heterocycles. The lowest BCUT2D eigenvalue weighted by molar-refractivity contribution is 0.104. The Kier molecular flexibility index (Phi) is 1.93. The first-order chi connectivity index (χ1) is 5.79. The van der Waals surface area contributed by atoms with E-state index in [1.807, 2.05) is 6.92 Å². The first-order valence-corrected chi connectivity index (χ1v) is 4.31. The Hall–Kier alpha value is -0.750. The van der Waals surface area contributed by atoms with Crippen LogP contribution in [0.4, 0.5) is 0 Å². The zero-order valence-corrected chi connectivity index (χ0v) is 7.54. The summed E-state index contributed by atoms with van der Waals surface area (Å²) < 4.78 is 7.68. The first-order valence-electron chi connectivity index (χ1n) is 3.90. The number of nitrogens with zero attached hydrogens (tertiary/aromatic N) is 3. The highest BCUT2D eigenvalue weighted by atomic mass is 32.1. The number of rotatable bonds is 1. The van der Waals surface area contributed by atoms with E-state index in [2.05, 4.69) is 15.5 Å². The molecule has 0 amide bonds. The fourth-order valence-corrected chi connectivity index (χ4v) is 1.70. The van der Waals surface area contributed by atoms with Crippen molar-refractivity contribution in [3.63, 3.8) is 0 Å². The summed E-state index contributed by atoms with van der Waals surface area (Å²) in [5, 5.41) is 10.1. The van der Waals surface area contributed by atoms with Crippen LogP contribution in [0.5, 0.6) is 0 Å². The Morgan fingerprint density at radius 3 is 3.08 bits per heavy atom. The predicted molar refractivity (Wildman–Crippen MR) is 44.3 cm³/mol. The standard InChI is InChI=1S/C6H10N4OS/c1-4-5(2-3-11-4)10-6(12)7-8-9-10/h4-5H,2-3H2,1H3,(H,7,9,12). The molecule has 12 heavy (non-hydrogen) atoms. The summed E-state index contributed by atoms with van der Waals surface area (Å²) in [6, 6.07) is 0.271. The van der Waals surface area contributed by atoms with E-state index in [0.717, 1.165) is 13.0 Å². The molecule has 0 bridgehead atoms. The molecule has 6 heteroatoms. The third kappa shape index (κ3) is 1.16. The van der Waals surface area contributed by atoms with E-state index in [1.54, 1.807) is 4.68 Å². The van der Waals surface area contributed by atoms with Crippen LogP contribution in [0.2, 0.25) is 0 Å². The van der Waals surface area contributed by atoms with E-state index in [-0.39, 0.29) is 12.1 Å². The van der Waals surface area contributed by atoms with Crippen molar-refractivity contribution in [2.75, 3.05) is 6.61 Å². The molecule has 0 aromatic carbocycles. The van der Waals surface area contributed by atoms with E-state index in [9.17, 15) is 0 Å². The molecular weight excluding hydrogens is 176 g/mol. The average molecular weight is 186 g/mol. The minimum absolute atomic E-state index is 0.193. The second-order valence-electron chi connectivity index (χ2n) is 2.88. The van der Waals surface area contributed by atoms with Crippen LogP contribution in [0.25, 0.3) is 0 Å². The van der Waals surface area contributed by atoms with Gasteiger partial charge in [-0.1, -0.05) is 10.3 Å². The second-order valence-corrected chi connectivity index (χ2v) is 3.25. The van der Waals surface area contributed by atoms with Gasteiger partial charge in [-0.3, -0.25) is 0 Å². The fourth-order valence-electron chi connectivity index (χ4n) is 1.48. The molecule has 2 rings (SSSR count). The third-order valence-corrected chi connectivity index (χ3v) is 2.44. The highest BCUT2D eigenvalue weighted by Crippen LogP contribution is 2.24. The van der Waals surface area contributed by atoms with Gasteiger partial charge in [-0.25, -0.2) is 4.68 Å². The zero-order chi connectivity index (χ0) is 8.55. The van der Waals surface area contributed by atoms with Crippen molar-refractivity contribution in [1.82, 2.24) is 20.2 Å². The van der Waals surface area contributed by atoms with Gasteiger partial charge in [0.1, 0.15) is 0 Å². The molecule has 2 atom stereocenters. The van der Waals surface area contributed by atoms with Gasteiger partial charge in [0.05, 0.1) is 12.1 Å². The van der Waals surface area contributed by atoms with Crippen LogP contribution in [0.3, 0.4) is 0 Å². The van der Waals surface area contributed by atoms with Crippen LogP contribution in [-0.4, -0.2) is 32.9 Å². The Morgan fingerprint density at radius 2 is 2.58 bits per heavy atom. The van der Waals surface area contributed by atoms with Crippen LogP contribution in [0, 0.1) is 4.77 Å². The molecule has 0 aliphatic carbocycles. The maximum absolute atomic E-state index is 5.40. The maximum Gasteiger partial charge on any atom is 0.238 e. The predicted octanol–water partition coefficient (Wildman–Crippen LogP) is 0.686. The van der Waals surface area contributed by atoms with E-state index in [4.69, 9.17) is 17.0 Å². The number of nitrogens with one attached hydrogen (secondary N) is 1. The lowest BCUT2D eigenvalue weighted by atomic mass is 10.2. The highest BCUT2D eigenvalue weighted by Gasteiger charge is 2.26. The van der Waals surface area contributed by atoms with Crippen LogP contribution in [0.15, 0.2) is 0 Å². The summed E-state index contributed by atoms with van der Waals surface area (Å²) in [6.07, 6.45) is 1.17. The topological polar surface area (TPSA) is 55.7 Å². The number of hydrogen-bond acceptors (Lipinski definition) is 4. The van der Waals surface area contributed by atoms with Gasteiger partial charge in [0.25, 0.3) is 0 Å². The van der Waals surface area contributed by atoms with Crippen molar-refractivity contribution >= 4 is 12.2 Å². The quantitative estimate of drug-likeness (QED) is 0.655. The largest absolute Gasteiger partial charge is 0.376 e. The second kappa shape index (κ2) is 2.95. The Balaban J connectivity index is 2.30. The molecule has 2 heterocycles. The number of tetrazole rings is 1. The molecular formula is C6H10N4OS. The molecule has 1 fully saturated rings. The van der Waals surface area contributed by atoms with Crippen molar-refractivity contribution in [3.05, 3.63) is 4.77 Å². The van der Waals surface area contributed by atoms with Crippen molar-refractivity contribution in [1.29, 1.82) is 0 Å². The fraction of sp³-hybridized carbons (Fsp3) is 0.833. The lowest BCUT2D eigenvalue weighted by Crippen LogP contribution is -2.18. The molecule has 2 unspecified atom stereocenters. The highest BCUT2D eigenvalue weighted by molar-refractivity contribution is 7.71. The van der Waals surface area contributed by atoms with Gasteiger partial charge in [-0.2, -0.15) is 5.21 Å². The van der Waals surface area contributed by atoms with E-state index in [0.29, 0.717) is 4.77 Å². The van der Waals surface area contributed by atoms with Crippen LogP contribution < -0.4 is 0 Å². The van der Waals surface area contributed by atoms with Gasteiger partial charge in [0, 0.05) is 6.61 Å². The molecule has 0 spiro atoms. The van der Waals surface area contributed by atoms with Crippen molar-refractivity contribution in [2.24, 2.45) is 0 Å². The van der Waals surface area contributed by atoms with Gasteiger partial charge >= 0.3 is 0 Å². The molecule has 1 N–H and O–H groups in total. The number of aromatic amines is 1. The Morgan fingerprint density at radius 1 is 1.75 bits per heavy atom. The van der Waals surface area contributed by atoms with E-state index in [1.165, 1.54) is 0 Å². The number of hydrogen-bond donors (Lipinski definition) is 1. The zero-order valence-electron chi connectivity index (χ0n) is 6.73. The van der Waals surface area contributed by atoms with E-state index >= 15 is 0 Å². The van der Waals surface area contributed by atoms with Crippen molar-refractivity contribution < 1.29 is 4.74 Å². The number of H-pyrrole nitrogens is 1. The maximum atomic E-state index is 5.40. The lowest BCUT2D eigenvalue weighted by Gasteiger charge is -2.13. The molecule has 1 aromatic rings. The van der Waals surface area contributed by atoms with Crippen LogP contribution >= 0.6 is 12.2 Å². The number of aromatic nitrogens is 4. The summed E-state index contributed by atoms with van der Waals surface area (Å²) >= 11 is 4.98. The Bertz CT molecular complexity index is 319. The third-order valence-electron chi connectivity index (χ3n) is 2.16. The molecule has 0 saturated carbocycles. The molecule has 0 radical (unpaired) electrons. The summed E-state index contributed by atoms with van der Waals surface area (Å²) in [5.74, 6) is 0. The van der Waals surface area contributed by atoms with Gasteiger partial charge in [0.15, 0.2) is 0 Å². The van der Waals surface area contributed by atoms with Gasteiger partial charge < -0.3 is 4.74 Å². The van der Waals surface area contributed by atoms with Crippen molar-refractivity contribution in [2.45, 2.75) is 25.5 Å². The monoisotopic (exact) mass is 186 g/mol. The number of ether oxygens (including phenoxy) is 1. The smallest absolute Gasteiger partial charge is 0.238 e.